The first kappa shape index (κ1) is 15.4. The van der Waals surface area contributed by atoms with Crippen LogP contribution in [-0.2, 0) is 6.54 Å². The molecule has 92 valence electrons. The number of aliphatic hydroxyl groups excluding tert-OH is 1. The van der Waals surface area contributed by atoms with Gasteiger partial charge in [-0.3, -0.25) is 0 Å². The summed E-state index contributed by atoms with van der Waals surface area (Å²) < 4.78 is 12.6. The zero-order valence-electron chi connectivity index (χ0n) is 9.29. The van der Waals surface area contributed by atoms with Crippen LogP contribution in [0.5, 0.6) is 0 Å². The van der Waals surface area contributed by atoms with Gasteiger partial charge in [0, 0.05) is 13.2 Å². The number of aliphatic hydroxyl groups is 1. The van der Waals surface area contributed by atoms with Crippen LogP contribution in [-0.4, -0.2) is 18.3 Å². The maximum absolute atomic E-state index is 12.6. The standard InChI is InChI=1S/C12H18FNO.ClH/c13-12-6-4-11(5-7-12)10-14-8-2-1-3-9-15;/h4-7,14-15H,1-3,8-10H2;1H. The molecular formula is C12H19ClFNO. The van der Waals surface area contributed by atoms with Gasteiger partial charge >= 0.3 is 0 Å². The summed E-state index contributed by atoms with van der Waals surface area (Å²) in [5.74, 6) is -0.193. The molecule has 2 N–H and O–H groups in total. The molecule has 2 nitrogen and oxygen atoms in total. The fourth-order valence-electron chi connectivity index (χ4n) is 1.37. The van der Waals surface area contributed by atoms with Crippen molar-refractivity contribution < 1.29 is 9.50 Å². The molecular weight excluding hydrogens is 229 g/mol. The first-order chi connectivity index (χ1) is 7.33. The van der Waals surface area contributed by atoms with Crippen LogP contribution in [0.2, 0.25) is 0 Å². The Morgan fingerprint density at radius 3 is 2.38 bits per heavy atom. The summed E-state index contributed by atoms with van der Waals surface area (Å²) >= 11 is 0. The summed E-state index contributed by atoms with van der Waals surface area (Å²) in [6.45, 7) is 1.99. The Morgan fingerprint density at radius 1 is 1.06 bits per heavy atom. The Labute approximate surface area is 102 Å². The normalized spacial score (nSPS) is 9.88. The van der Waals surface area contributed by atoms with E-state index >= 15 is 0 Å². The van der Waals surface area contributed by atoms with Gasteiger partial charge in [-0.05, 0) is 43.5 Å². The summed E-state index contributed by atoms with van der Waals surface area (Å²) in [5, 5.41) is 11.8. The molecule has 0 saturated carbocycles. The first-order valence-corrected chi connectivity index (χ1v) is 5.39. The van der Waals surface area contributed by atoms with Crippen molar-refractivity contribution in [3.63, 3.8) is 0 Å². The van der Waals surface area contributed by atoms with Crippen molar-refractivity contribution in [1.82, 2.24) is 5.32 Å². The van der Waals surface area contributed by atoms with Crippen LogP contribution < -0.4 is 5.32 Å². The second-order valence-corrected chi connectivity index (χ2v) is 3.59. The monoisotopic (exact) mass is 247 g/mol. The highest BCUT2D eigenvalue weighted by Crippen LogP contribution is 2.02. The summed E-state index contributed by atoms with van der Waals surface area (Å²) in [6.07, 6.45) is 2.99. The highest BCUT2D eigenvalue weighted by molar-refractivity contribution is 5.85. The molecule has 1 rings (SSSR count). The van der Waals surface area contributed by atoms with Gasteiger partial charge in [-0.2, -0.15) is 0 Å². The van der Waals surface area contributed by atoms with E-state index in [0.717, 1.165) is 37.9 Å². The van der Waals surface area contributed by atoms with Crippen LogP contribution in [0.1, 0.15) is 24.8 Å². The van der Waals surface area contributed by atoms with E-state index in [1.54, 1.807) is 12.1 Å². The van der Waals surface area contributed by atoms with Gasteiger partial charge < -0.3 is 10.4 Å². The van der Waals surface area contributed by atoms with Gasteiger partial charge in [-0.1, -0.05) is 12.1 Å². The lowest BCUT2D eigenvalue weighted by molar-refractivity contribution is 0.283. The second kappa shape index (κ2) is 9.58. The van der Waals surface area contributed by atoms with Crippen molar-refractivity contribution in [2.45, 2.75) is 25.8 Å². The number of nitrogens with one attached hydrogen (secondary N) is 1. The molecule has 1 aromatic carbocycles. The average Bonchev–Trinajstić information content (AvgIpc) is 2.26. The molecule has 0 heterocycles. The van der Waals surface area contributed by atoms with E-state index in [0.29, 0.717) is 0 Å². The van der Waals surface area contributed by atoms with E-state index in [1.807, 2.05) is 0 Å². The minimum Gasteiger partial charge on any atom is -0.396 e. The predicted molar refractivity (Wildman–Crippen MR) is 66.3 cm³/mol. The Hall–Kier alpha value is -0.640. The lowest BCUT2D eigenvalue weighted by atomic mass is 10.2. The Bertz CT molecular complexity index is 266. The van der Waals surface area contributed by atoms with Crippen LogP contribution in [0.4, 0.5) is 4.39 Å². The van der Waals surface area contributed by atoms with Crippen molar-refractivity contribution in [3.8, 4) is 0 Å². The van der Waals surface area contributed by atoms with Crippen LogP contribution >= 0.6 is 12.4 Å². The van der Waals surface area contributed by atoms with Crippen LogP contribution in [0, 0.1) is 5.82 Å². The molecule has 0 unspecified atom stereocenters. The van der Waals surface area contributed by atoms with Gasteiger partial charge in [0.05, 0.1) is 0 Å². The molecule has 0 spiro atoms. The minimum absolute atomic E-state index is 0. The first-order valence-electron chi connectivity index (χ1n) is 5.39. The van der Waals surface area contributed by atoms with E-state index in [2.05, 4.69) is 5.32 Å². The molecule has 0 aliphatic rings. The van der Waals surface area contributed by atoms with E-state index < -0.39 is 0 Å². The molecule has 0 amide bonds. The van der Waals surface area contributed by atoms with Crippen LogP contribution in [0.15, 0.2) is 24.3 Å². The van der Waals surface area contributed by atoms with Crippen LogP contribution in [0.25, 0.3) is 0 Å². The van der Waals surface area contributed by atoms with Crippen molar-refractivity contribution in [3.05, 3.63) is 35.6 Å². The van der Waals surface area contributed by atoms with Gasteiger partial charge in [-0.25, -0.2) is 4.39 Å². The third kappa shape index (κ3) is 6.77. The summed E-state index contributed by atoms with van der Waals surface area (Å²) in [4.78, 5) is 0. The molecule has 0 aromatic heterocycles. The average molecular weight is 248 g/mol. The predicted octanol–water partition coefficient (Wildman–Crippen LogP) is 2.50. The largest absolute Gasteiger partial charge is 0.396 e. The number of rotatable bonds is 7. The number of hydrogen-bond donors (Lipinski definition) is 2. The molecule has 16 heavy (non-hydrogen) atoms. The Kier molecular flexibility index (Phi) is 9.19. The Morgan fingerprint density at radius 2 is 1.75 bits per heavy atom. The fraction of sp³-hybridized carbons (Fsp3) is 0.500. The summed E-state index contributed by atoms with van der Waals surface area (Å²) in [5.41, 5.74) is 1.10. The smallest absolute Gasteiger partial charge is 0.123 e. The van der Waals surface area contributed by atoms with Crippen molar-refractivity contribution in [1.29, 1.82) is 0 Å². The Balaban J connectivity index is 0.00000225. The van der Waals surface area contributed by atoms with Gasteiger partial charge in [-0.15, -0.1) is 12.4 Å². The third-order valence-corrected chi connectivity index (χ3v) is 2.25. The number of benzene rings is 1. The van der Waals surface area contributed by atoms with E-state index in [-0.39, 0.29) is 24.8 Å². The zero-order chi connectivity index (χ0) is 10.9. The quantitative estimate of drug-likeness (QED) is 0.726. The molecule has 4 heteroatoms. The van der Waals surface area contributed by atoms with E-state index in [1.165, 1.54) is 12.1 Å². The topological polar surface area (TPSA) is 32.3 Å². The molecule has 0 aliphatic carbocycles. The lowest BCUT2D eigenvalue weighted by Crippen LogP contribution is -2.14. The lowest BCUT2D eigenvalue weighted by Gasteiger charge is -2.04. The van der Waals surface area contributed by atoms with E-state index in [4.69, 9.17) is 5.11 Å². The van der Waals surface area contributed by atoms with E-state index in [9.17, 15) is 4.39 Å². The SMILES string of the molecule is Cl.OCCCCCNCc1ccc(F)cc1. The van der Waals surface area contributed by atoms with Crippen molar-refractivity contribution in [2.75, 3.05) is 13.2 Å². The molecule has 0 atom stereocenters. The molecule has 0 fully saturated rings. The number of hydrogen-bond acceptors (Lipinski definition) is 2. The summed E-state index contributed by atoms with van der Waals surface area (Å²) in [7, 11) is 0. The van der Waals surface area contributed by atoms with Crippen molar-refractivity contribution in [2.24, 2.45) is 0 Å². The molecule has 1 aromatic rings. The number of halogens is 2. The molecule has 0 saturated heterocycles. The second-order valence-electron chi connectivity index (χ2n) is 3.59. The fourth-order valence-corrected chi connectivity index (χ4v) is 1.37. The molecule has 0 aliphatic heterocycles. The maximum Gasteiger partial charge on any atom is 0.123 e. The number of unbranched alkanes of at least 4 members (excludes halogenated alkanes) is 2. The van der Waals surface area contributed by atoms with Crippen LogP contribution in [0.3, 0.4) is 0 Å². The zero-order valence-corrected chi connectivity index (χ0v) is 10.1. The van der Waals surface area contributed by atoms with Gasteiger partial charge in [0.25, 0.3) is 0 Å². The van der Waals surface area contributed by atoms with Gasteiger partial charge in [0.1, 0.15) is 5.82 Å². The van der Waals surface area contributed by atoms with Gasteiger partial charge in [0.15, 0.2) is 0 Å². The third-order valence-electron chi connectivity index (χ3n) is 2.25. The maximum atomic E-state index is 12.6. The molecule has 0 radical (unpaired) electrons. The molecule has 0 bridgehead atoms. The highest BCUT2D eigenvalue weighted by Gasteiger charge is 1.93. The minimum atomic E-state index is -0.193. The highest BCUT2D eigenvalue weighted by atomic mass is 35.5. The van der Waals surface area contributed by atoms with Crippen molar-refractivity contribution >= 4 is 12.4 Å². The summed E-state index contributed by atoms with van der Waals surface area (Å²) in [6, 6.07) is 6.53. The van der Waals surface area contributed by atoms with Gasteiger partial charge in [0.2, 0.25) is 0 Å².